The number of carbonyl (C=O) groups is 1. The maximum absolute atomic E-state index is 11.1. The molecular formula is C12H11N5O. The molecule has 0 heterocycles. The topological polar surface area (TPSA) is 115 Å². The van der Waals surface area contributed by atoms with E-state index in [1.807, 2.05) is 0 Å². The molecule has 0 unspecified atom stereocenters. The van der Waals surface area contributed by atoms with Gasteiger partial charge in [-0.15, -0.1) is 0 Å². The molecule has 1 amide bonds. The van der Waals surface area contributed by atoms with Gasteiger partial charge in [-0.05, 0) is 37.1 Å². The fraction of sp³-hybridized carbons (Fsp3) is 0.167. The lowest BCUT2D eigenvalue weighted by atomic mass is 10.0. The molecule has 0 bridgehead atoms. The van der Waals surface area contributed by atoms with Gasteiger partial charge in [0.25, 0.3) is 0 Å². The van der Waals surface area contributed by atoms with Crippen molar-refractivity contribution in [3.8, 4) is 12.1 Å². The van der Waals surface area contributed by atoms with Crippen molar-refractivity contribution in [1.82, 2.24) is 0 Å². The summed E-state index contributed by atoms with van der Waals surface area (Å²) in [6.07, 6.45) is 0. The molecule has 1 aromatic carbocycles. The number of nitrogens with two attached hydrogens (primary N) is 1. The van der Waals surface area contributed by atoms with Crippen LogP contribution in [0, 0.1) is 36.5 Å². The van der Waals surface area contributed by atoms with Crippen LogP contribution in [0.1, 0.15) is 21.5 Å². The lowest BCUT2D eigenvalue weighted by Gasteiger charge is -2.10. The zero-order chi connectivity index (χ0) is 13.7. The van der Waals surface area contributed by atoms with E-state index in [9.17, 15) is 4.79 Å². The van der Waals surface area contributed by atoms with E-state index in [-0.39, 0.29) is 5.71 Å². The van der Waals surface area contributed by atoms with Crippen molar-refractivity contribution in [2.24, 2.45) is 10.8 Å². The highest BCUT2D eigenvalue weighted by Gasteiger charge is 2.08. The Labute approximate surface area is 104 Å². The fourth-order valence-corrected chi connectivity index (χ4v) is 1.47. The van der Waals surface area contributed by atoms with E-state index in [0.29, 0.717) is 11.3 Å². The van der Waals surface area contributed by atoms with E-state index < -0.39 is 5.91 Å². The molecule has 0 saturated carbocycles. The van der Waals surface area contributed by atoms with Crippen molar-refractivity contribution in [1.29, 1.82) is 10.5 Å². The quantitative estimate of drug-likeness (QED) is 0.611. The van der Waals surface area contributed by atoms with Crippen LogP contribution < -0.4 is 11.2 Å². The molecular weight excluding hydrogens is 230 g/mol. The maximum Gasteiger partial charge on any atom is 0.248 e. The van der Waals surface area contributed by atoms with Crippen molar-refractivity contribution in [2.75, 3.05) is 5.43 Å². The van der Waals surface area contributed by atoms with E-state index in [4.69, 9.17) is 16.3 Å². The second kappa shape index (κ2) is 5.46. The standard InChI is InChI=1S/C12H11N5O/c1-7-3-9(12(15)18)4-8(2)11(7)17-16-10(5-13)6-14/h3-4,17H,1-2H3,(H2,15,18). The van der Waals surface area contributed by atoms with E-state index in [1.165, 1.54) is 0 Å². The van der Waals surface area contributed by atoms with E-state index >= 15 is 0 Å². The third-order valence-corrected chi connectivity index (χ3v) is 2.31. The average molecular weight is 241 g/mol. The summed E-state index contributed by atoms with van der Waals surface area (Å²) < 4.78 is 0. The smallest absolute Gasteiger partial charge is 0.248 e. The molecule has 3 N–H and O–H groups in total. The Morgan fingerprint density at radius 1 is 1.28 bits per heavy atom. The summed E-state index contributed by atoms with van der Waals surface area (Å²) >= 11 is 0. The van der Waals surface area contributed by atoms with Crippen molar-refractivity contribution in [2.45, 2.75) is 13.8 Å². The van der Waals surface area contributed by atoms with Gasteiger partial charge in [0, 0.05) is 5.56 Å². The number of rotatable bonds is 3. The highest BCUT2D eigenvalue weighted by Crippen LogP contribution is 2.22. The Kier molecular flexibility index (Phi) is 4.01. The third kappa shape index (κ3) is 2.83. The first-order chi connectivity index (χ1) is 8.49. The van der Waals surface area contributed by atoms with E-state index in [2.05, 4.69) is 10.5 Å². The molecule has 0 radical (unpaired) electrons. The Morgan fingerprint density at radius 3 is 2.17 bits per heavy atom. The fourth-order valence-electron chi connectivity index (χ4n) is 1.47. The number of benzene rings is 1. The van der Waals surface area contributed by atoms with Crippen LogP contribution in [0.25, 0.3) is 0 Å². The van der Waals surface area contributed by atoms with Gasteiger partial charge < -0.3 is 5.73 Å². The molecule has 90 valence electrons. The number of nitrogens with zero attached hydrogens (tertiary/aromatic N) is 3. The molecule has 18 heavy (non-hydrogen) atoms. The number of primary amides is 1. The Hall–Kier alpha value is -2.86. The van der Waals surface area contributed by atoms with Gasteiger partial charge in [0.15, 0.2) is 0 Å². The van der Waals surface area contributed by atoms with Crippen LogP contribution >= 0.6 is 0 Å². The van der Waals surface area contributed by atoms with Crippen LogP contribution in [-0.4, -0.2) is 11.6 Å². The summed E-state index contributed by atoms with van der Waals surface area (Å²) in [6, 6.07) is 6.52. The summed E-state index contributed by atoms with van der Waals surface area (Å²) in [5, 5.41) is 20.8. The Bertz CT molecular complexity index is 565. The summed E-state index contributed by atoms with van der Waals surface area (Å²) in [5.41, 5.74) is 10.1. The largest absolute Gasteiger partial charge is 0.366 e. The predicted molar refractivity (Wildman–Crippen MR) is 66.7 cm³/mol. The monoisotopic (exact) mass is 241 g/mol. The van der Waals surface area contributed by atoms with Gasteiger partial charge in [-0.3, -0.25) is 10.2 Å². The summed E-state index contributed by atoms with van der Waals surface area (Å²) in [5.74, 6) is -0.508. The average Bonchev–Trinajstić information content (AvgIpc) is 2.32. The summed E-state index contributed by atoms with van der Waals surface area (Å²) in [6.45, 7) is 3.55. The van der Waals surface area contributed by atoms with Gasteiger partial charge in [0.05, 0.1) is 5.69 Å². The molecule has 1 rings (SSSR count). The number of carbonyl (C=O) groups excluding carboxylic acids is 1. The molecule has 0 aliphatic rings. The van der Waals surface area contributed by atoms with Crippen LogP contribution in [0.4, 0.5) is 5.69 Å². The number of amides is 1. The Morgan fingerprint density at radius 2 is 1.78 bits per heavy atom. The first-order valence-electron chi connectivity index (χ1n) is 5.04. The molecule has 0 aromatic heterocycles. The third-order valence-electron chi connectivity index (χ3n) is 2.31. The van der Waals surface area contributed by atoms with Crippen molar-refractivity contribution in [3.63, 3.8) is 0 Å². The van der Waals surface area contributed by atoms with Crippen LogP contribution in [0.15, 0.2) is 17.2 Å². The Balaban J connectivity index is 3.14. The van der Waals surface area contributed by atoms with Gasteiger partial charge in [-0.1, -0.05) is 0 Å². The molecule has 1 aromatic rings. The lowest BCUT2D eigenvalue weighted by Crippen LogP contribution is -2.12. The van der Waals surface area contributed by atoms with Gasteiger partial charge in [-0.2, -0.15) is 15.6 Å². The molecule has 0 saturated heterocycles. The second-order valence-electron chi connectivity index (χ2n) is 3.65. The van der Waals surface area contributed by atoms with Crippen molar-refractivity contribution in [3.05, 3.63) is 28.8 Å². The van der Waals surface area contributed by atoms with Crippen LogP contribution in [-0.2, 0) is 0 Å². The molecule has 0 atom stereocenters. The minimum absolute atomic E-state index is 0.271. The van der Waals surface area contributed by atoms with Crippen molar-refractivity contribution >= 4 is 17.3 Å². The van der Waals surface area contributed by atoms with Crippen LogP contribution in [0.2, 0.25) is 0 Å². The molecule has 0 fully saturated rings. The summed E-state index contributed by atoms with van der Waals surface area (Å²) in [7, 11) is 0. The zero-order valence-electron chi connectivity index (χ0n) is 9.98. The van der Waals surface area contributed by atoms with Crippen LogP contribution in [0.3, 0.4) is 0 Å². The number of hydrogen-bond donors (Lipinski definition) is 2. The molecule has 6 nitrogen and oxygen atoms in total. The number of hydrogen-bond acceptors (Lipinski definition) is 5. The van der Waals surface area contributed by atoms with E-state index in [0.717, 1.165) is 11.1 Å². The SMILES string of the molecule is Cc1cc(C(N)=O)cc(C)c1NN=C(C#N)C#N. The molecule has 6 heteroatoms. The van der Waals surface area contributed by atoms with Gasteiger partial charge in [0.2, 0.25) is 11.6 Å². The number of hydrazone groups is 1. The minimum atomic E-state index is -0.508. The van der Waals surface area contributed by atoms with Crippen LogP contribution in [0.5, 0.6) is 0 Å². The van der Waals surface area contributed by atoms with Gasteiger partial charge in [0.1, 0.15) is 12.1 Å². The second-order valence-corrected chi connectivity index (χ2v) is 3.65. The predicted octanol–water partition coefficient (Wildman–Crippen LogP) is 1.22. The van der Waals surface area contributed by atoms with E-state index in [1.54, 1.807) is 38.1 Å². The summed E-state index contributed by atoms with van der Waals surface area (Å²) in [4.78, 5) is 11.1. The number of anilines is 1. The lowest BCUT2D eigenvalue weighted by molar-refractivity contribution is 0.1000. The highest BCUT2D eigenvalue weighted by atomic mass is 16.1. The first-order valence-corrected chi connectivity index (χ1v) is 5.04. The van der Waals surface area contributed by atoms with Crippen molar-refractivity contribution < 1.29 is 4.79 Å². The number of aryl methyl sites for hydroxylation is 2. The normalized spacial score (nSPS) is 8.89. The maximum atomic E-state index is 11.1. The number of nitriles is 2. The molecule has 0 spiro atoms. The highest BCUT2D eigenvalue weighted by molar-refractivity contribution is 6.10. The molecule has 0 aliphatic carbocycles. The van der Waals surface area contributed by atoms with Gasteiger partial charge in [-0.25, -0.2) is 0 Å². The molecule has 0 aliphatic heterocycles. The minimum Gasteiger partial charge on any atom is -0.366 e. The van der Waals surface area contributed by atoms with Gasteiger partial charge >= 0.3 is 0 Å². The number of nitrogens with one attached hydrogen (secondary N) is 1. The first kappa shape index (κ1) is 13.2. The zero-order valence-corrected chi connectivity index (χ0v) is 9.98.